The average molecular weight is 260 g/mol. The number of carboxylic acids is 1. The van der Waals surface area contributed by atoms with Crippen LogP contribution in [0.2, 0.25) is 0 Å². The van der Waals surface area contributed by atoms with Crippen LogP contribution in [0.5, 0.6) is 0 Å². The quantitative estimate of drug-likeness (QED) is 0.542. The van der Waals surface area contributed by atoms with Crippen molar-refractivity contribution in [2.75, 3.05) is 17.6 Å². The number of aryl methyl sites for hydroxylation is 1. The molecule has 6 nitrogen and oxygen atoms in total. The standard InChI is InChI=1S/C13H16N4O2/c14-12-8-10(2-3-11(12)13(18)19)16-4-1-6-17-7-5-15-9-17/h2-3,5,7-9,16H,1,4,6,14H2,(H,18,19). The number of aromatic carboxylic acids is 1. The predicted octanol–water partition coefficient (Wildman–Crippen LogP) is 1.67. The molecule has 0 unspecified atom stereocenters. The molecule has 0 aliphatic heterocycles. The van der Waals surface area contributed by atoms with Crippen LogP contribution in [0.1, 0.15) is 16.8 Å². The fourth-order valence-corrected chi connectivity index (χ4v) is 1.78. The summed E-state index contributed by atoms with van der Waals surface area (Å²) >= 11 is 0. The van der Waals surface area contributed by atoms with Gasteiger partial charge in [-0.05, 0) is 24.6 Å². The molecule has 0 spiro atoms. The maximum absolute atomic E-state index is 10.8. The molecule has 4 N–H and O–H groups in total. The Bertz CT molecular complexity index is 552. The molecule has 0 amide bonds. The van der Waals surface area contributed by atoms with Gasteiger partial charge < -0.3 is 20.7 Å². The Morgan fingerprint density at radius 1 is 1.47 bits per heavy atom. The highest BCUT2D eigenvalue weighted by Crippen LogP contribution is 2.17. The van der Waals surface area contributed by atoms with Gasteiger partial charge >= 0.3 is 5.97 Å². The maximum atomic E-state index is 10.8. The molecule has 0 fully saturated rings. The molecule has 0 aliphatic rings. The number of anilines is 2. The molecule has 2 rings (SSSR count). The number of nitrogen functional groups attached to an aromatic ring is 1. The molecule has 1 aromatic heterocycles. The summed E-state index contributed by atoms with van der Waals surface area (Å²) in [5, 5.41) is 12.1. The van der Waals surface area contributed by atoms with Crippen LogP contribution < -0.4 is 11.1 Å². The molecule has 6 heteroatoms. The predicted molar refractivity (Wildman–Crippen MR) is 73.1 cm³/mol. The largest absolute Gasteiger partial charge is 0.478 e. The number of rotatable bonds is 6. The van der Waals surface area contributed by atoms with Crippen LogP contribution in [0.15, 0.2) is 36.9 Å². The molecule has 1 aromatic carbocycles. The van der Waals surface area contributed by atoms with Crippen LogP contribution in [0.4, 0.5) is 11.4 Å². The number of aromatic nitrogens is 2. The van der Waals surface area contributed by atoms with Gasteiger partial charge in [-0.3, -0.25) is 0 Å². The molecule has 0 saturated carbocycles. The lowest BCUT2D eigenvalue weighted by Crippen LogP contribution is -2.07. The normalized spacial score (nSPS) is 10.3. The minimum absolute atomic E-state index is 0.129. The third-order valence-corrected chi connectivity index (χ3v) is 2.76. The second-order valence-electron chi connectivity index (χ2n) is 4.19. The number of carbonyl (C=O) groups is 1. The first-order chi connectivity index (χ1) is 9.16. The first-order valence-corrected chi connectivity index (χ1v) is 5.99. The lowest BCUT2D eigenvalue weighted by atomic mass is 10.1. The van der Waals surface area contributed by atoms with E-state index in [1.807, 2.05) is 10.8 Å². The van der Waals surface area contributed by atoms with Gasteiger partial charge in [-0.1, -0.05) is 0 Å². The Hall–Kier alpha value is -2.50. The van der Waals surface area contributed by atoms with E-state index in [1.54, 1.807) is 24.7 Å². The van der Waals surface area contributed by atoms with Crippen molar-refractivity contribution in [3.63, 3.8) is 0 Å². The van der Waals surface area contributed by atoms with Gasteiger partial charge in [-0.2, -0.15) is 0 Å². The number of nitrogens with zero attached hydrogens (tertiary/aromatic N) is 2. The van der Waals surface area contributed by atoms with Crippen molar-refractivity contribution in [2.45, 2.75) is 13.0 Å². The Morgan fingerprint density at radius 2 is 2.32 bits per heavy atom. The SMILES string of the molecule is Nc1cc(NCCCn2ccnc2)ccc1C(=O)O. The summed E-state index contributed by atoms with van der Waals surface area (Å²) in [7, 11) is 0. The Balaban J connectivity index is 1.83. The average Bonchev–Trinajstić information content (AvgIpc) is 2.87. The number of benzene rings is 1. The van der Waals surface area contributed by atoms with E-state index in [9.17, 15) is 4.79 Å². The van der Waals surface area contributed by atoms with Crippen LogP contribution in [0.25, 0.3) is 0 Å². The minimum Gasteiger partial charge on any atom is -0.478 e. The lowest BCUT2D eigenvalue weighted by molar-refractivity contribution is 0.0698. The monoisotopic (exact) mass is 260 g/mol. The van der Waals surface area contributed by atoms with Crippen LogP contribution in [-0.2, 0) is 6.54 Å². The van der Waals surface area contributed by atoms with E-state index in [-0.39, 0.29) is 11.3 Å². The van der Waals surface area contributed by atoms with Crippen molar-refractivity contribution in [1.82, 2.24) is 9.55 Å². The molecule has 0 bridgehead atoms. The lowest BCUT2D eigenvalue weighted by Gasteiger charge is -2.08. The van der Waals surface area contributed by atoms with Gasteiger partial charge in [0.25, 0.3) is 0 Å². The molecule has 0 saturated heterocycles. The van der Waals surface area contributed by atoms with Crippen LogP contribution >= 0.6 is 0 Å². The van der Waals surface area contributed by atoms with Gasteiger partial charge in [0, 0.05) is 36.9 Å². The molecule has 1 heterocycles. The van der Waals surface area contributed by atoms with Gasteiger partial charge in [0.2, 0.25) is 0 Å². The number of hydrogen-bond acceptors (Lipinski definition) is 4. The highest BCUT2D eigenvalue weighted by Gasteiger charge is 2.07. The smallest absolute Gasteiger partial charge is 0.337 e. The van der Waals surface area contributed by atoms with Gasteiger partial charge in [0.05, 0.1) is 11.9 Å². The number of carboxylic acid groups (broad SMARTS) is 1. The topological polar surface area (TPSA) is 93.2 Å². The van der Waals surface area contributed by atoms with E-state index in [1.165, 1.54) is 6.07 Å². The summed E-state index contributed by atoms with van der Waals surface area (Å²) in [6.07, 6.45) is 6.38. The van der Waals surface area contributed by atoms with E-state index in [2.05, 4.69) is 10.3 Å². The number of nitrogens with one attached hydrogen (secondary N) is 1. The number of hydrogen-bond donors (Lipinski definition) is 3. The fraction of sp³-hybridized carbons (Fsp3) is 0.231. The third-order valence-electron chi connectivity index (χ3n) is 2.76. The highest BCUT2D eigenvalue weighted by molar-refractivity contribution is 5.94. The van der Waals surface area contributed by atoms with Crippen molar-refractivity contribution in [1.29, 1.82) is 0 Å². The Kier molecular flexibility index (Phi) is 4.02. The maximum Gasteiger partial charge on any atom is 0.337 e. The molecular weight excluding hydrogens is 244 g/mol. The van der Waals surface area contributed by atoms with E-state index in [4.69, 9.17) is 10.8 Å². The van der Waals surface area contributed by atoms with E-state index in [0.29, 0.717) is 0 Å². The minimum atomic E-state index is -1.01. The first-order valence-electron chi connectivity index (χ1n) is 5.99. The molecule has 19 heavy (non-hydrogen) atoms. The molecule has 0 atom stereocenters. The summed E-state index contributed by atoms with van der Waals surface area (Å²) in [4.78, 5) is 14.8. The number of imidazole rings is 1. The molecule has 2 aromatic rings. The second-order valence-corrected chi connectivity index (χ2v) is 4.19. The van der Waals surface area contributed by atoms with Crippen molar-refractivity contribution in [3.8, 4) is 0 Å². The van der Waals surface area contributed by atoms with Gasteiger partial charge in [0.15, 0.2) is 0 Å². The van der Waals surface area contributed by atoms with Gasteiger partial charge in [0.1, 0.15) is 0 Å². The molecule has 0 radical (unpaired) electrons. The fourth-order valence-electron chi connectivity index (χ4n) is 1.78. The zero-order valence-electron chi connectivity index (χ0n) is 10.4. The summed E-state index contributed by atoms with van der Waals surface area (Å²) < 4.78 is 2.00. The highest BCUT2D eigenvalue weighted by atomic mass is 16.4. The molecule has 100 valence electrons. The second kappa shape index (κ2) is 5.90. The molecule has 0 aliphatic carbocycles. The summed E-state index contributed by atoms with van der Waals surface area (Å²) in [5.74, 6) is -1.01. The third kappa shape index (κ3) is 3.48. The van der Waals surface area contributed by atoms with Crippen molar-refractivity contribution in [3.05, 3.63) is 42.5 Å². The van der Waals surface area contributed by atoms with Crippen LogP contribution in [0, 0.1) is 0 Å². The Morgan fingerprint density at radius 3 is 2.95 bits per heavy atom. The van der Waals surface area contributed by atoms with Crippen molar-refractivity contribution in [2.24, 2.45) is 0 Å². The molecular formula is C13H16N4O2. The number of nitrogens with two attached hydrogens (primary N) is 1. The zero-order valence-corrected chi connectivity index (χ0v) is 10.4. The van der Waals surface area contributed by atoms with E-state index in [0.717, 1.165) is 25.2 Å². The summed E-state index contributed by atoms with van der Waals surface area (Å²) in [5.41, 5.74) is 6.90. The summed E-state index contributed by atoms with van der Waals surface area (Å²) in [6, 6.07) is 4.87. The van der Waals surface area contributed by atoms with Crippen LogP contribution in [-0.4, -0.2) is 27.2 Å². The van der Waals surface area contributed by atoms with E-state index < -0.39 is 5.97 Å². The first kappa shape index (κ1) is 12.9. The van der Waals surface area contributed by atoms with E-state index >= 15 is 0 Å². The van der Waals surface area contributed by atoms with Crippen LogP contribution in [0.3, 0.4) is 0 Å². The van der Waals surface area contributed by atoms with Crippen molar-refractivity contribution >= 4 is 17.3 Å². The summed E-state index contributed by atoms with van der Waals surface area (Å²) in [6.45, 7) is 1.67. The van der Waals surface area contributed by atoms with Crippen molar-refractivity contribution < 1.29 is 9.90 Å². The Labute approximate surface area is 110 Å². The zero-order chi connectivity index (χ0) is 13.7. The van der Waals surface area contributed by atoms with Gasteiger partial charge in [-0.25, -0.2) is 9.78 Å². The van der Waals surface area contributed by atoms with Gasteiger partial charge in [-0.15, -0.1) is 0 Å².